The molecule has 0 aromatic rings. The van der Waals surface area contributed by atoms with Crippen LogP contribution in [0.25, 0.3) is 0 Å². The summed E-state index contributed by atoms with van der Waals surface area (Å²) in [5, 5.41) is 0. The molecule has 0 unspecified atom stereocenters. The lowest BCUT2D eigenvalue weighted by atomic mass is 9.99. The van der Waals surface area contributed by atoms with Gasteiger partial charge in [-0.25, -0.2) is 0 Å². The van der Waals surface area contributed by atoms with Crippen LogP contribution in [-0.4, -0.2) is 51.0 Å². The zero-order valence-corrected chi connectivity index (χ0v) is 16.8. The van der Waals surface area contributed by atoms with Gasteiger partial charge in [-0.1, -0.05) is 72.1 Å². The molecular weight excluding hydrogens is 298 g/mol. The third kappa shape index (κ3) is 14.2. The molecule has 144 valence electrons. The van der Waals surface area contributed by atoms with Crippen molar-refractivity contribution >= 4 is 0 Å². The normalized spacial score (nSPS) is 16.6. The standard InChI is InChI=1S/C21H43NO2/c1-21(2,3)20-24-17-13-11-9-7-5-4-6-8-10-12-14-22-15-18-23-19-16-22/h4-20H2,1-3H3. The molecule has 1 aliphatic rings. The molecule has 0 aromatic heterocycles. The molecular formula is C21H43NO2. The maximum absolute atomic E-state index is 5.71. The van der Waals surface area contributed by atoms with E-state index in [1.807, 2.05) is 0 Å². The van der Waals surface area contributed by atoms with E-state index in [1.165, 1.54) is 70.8 Å². The summed E-state index contributed by atoms with van der Waals surface area (Å²) in [7, 11) is 0. The molecule has 1 fully saturated rings. The van der Waals surface area contributed by atoms with Gasteiger partial charge < -0.3 is 9.47 Å². The molecule has 3 nitrogen and oxygen atoms in total. The zero-order valence-electron chi connectivity index (χ0n) is 16.8. The molecule has 0 spiro atoms. The van der Waals surface area contributed by atoms with Crippen LogP contribution in [0.3, 0.4) is 0 Å². The highest BCUT2D eigenvalue weighted by molar-refractivity contribution is 4.61. The molecule has 1 aliphatic heterocycles. The Morgan fingerprint density at radius 2 is 1.25 bits per heavy atom. The Labute approximate surface area is 151 Å². The first-order valence-electron chi connectivity index (χ1n) is 10.5. The Kier molecular flexibility index (Phi) is 12.9. The van der Waals surface area contributed by atoms with Crippen molar-refractivity contribution in [2.24, 2.45) is 5.41 Å². The SMILES string of the molecule is CC(C)(C)COCCCCCCCCCCCCN1CCOCC1. The fourth-order valence-electron chi connectivity index (χ4n) is 3.16. The van der Waals surface area contributed by atoms with Crippen molar-refractivity contribution in [3.05, 3.63) is 0 Å². The predicted octanol–water partition coefficient (Wildman–Crippen LogP) is 5.28. The Bertz CT molecular complexity index is 270. The first-order valence-corrected chi connectivity index (χ1v) is 10.5. The fourth-order valence-corrected chi connectivity index (χ4v) is 3.16. The summed E-state index contributed by atoms with van der Waals surface area (Å²) in [4.78, 5) is 2.55. The number of nitrogens with zero attached hydrogens (tertiary/aromatic N) is 1. The number of morpholine rings is 1. The van der Waals surface area contributed by atoms with Crippen LogP contribution in [0.1, 0.15) is 85.0 Å². The second-order valence-electron chi connectivity index (χ2n) is 8.60. The predicted molar refractivity (Wildman–Crippen MR) is 104 cm³/mol. The Morgan fingerprint density at radius 3 is 1.79 bits per heavy atom. The third-order valence-corrected chi connectivity index (χ3v) is 4.65. The van der Waals surface area contributed by atoms with Crippen LogP contribution in [0.2, 0.25) is 0 Å². The van der Waals surface area contributed by atoms with Crippen molar-refractivity contribution in [2.75, 3.05) is 46.1 Å². The maximum atomic E-state index is 5.71. The molecule has 1 rings (SSSR count). The minimum atomic E-state index is 0.308. The van der Waals surface area contributed by atoms with Crippen LogP contribution < -0.4 is 0 Å². The first-order chi connectivity index (χ1) is 11.6. The average Bonchev–Trinajstić information content (AvgIpc) is 2.55. The van der Waals surface area contributed by atoms with Crippen LogP contribution in [0.5, 0.6) is 0 Å². The minimum Gasteiger partial charge on any atom is -0.381 e. The first kappa shape index (κ1) is 21.9. The Balaban J connectivity index is 1.70. The van der Waals surface area contributed by atoms with Crippen LogP contribution in [0, 0.1) is 5.41 Å². The maximum Gasteiger partial charge on any atom is 0.0594 e. The molecule has 1 saturated heterocycles. The van der Waals surface area contributed by atoms with Gasteiger partial charge in [0.15, 0.2) is 0 Å². The van der Waals surface area contributed by atoms with Gasteiger partial charge in [0, 0.05) is 19.7 Å². The lowest BCUT2D eigenvalue weighted by Crippen LogP contribution is -2.36. The Hall–Kier alpha value is -0.120. The zero-order chi connectivity index (χ0) is 17.5. The van der Waals surface area contributed by atoms with Gasteiger partial charge in [0.1, 0.15) is 0 Å². The number of rotatable bonds is 14. The van der Waals surface area contributed by atoms with E-state index in [-0.39, 0.29) is 0 Å². The highest BCUT2D eigenvalue weighted by Gasteiger charge is 2.09. The average molecular weight is 342 g/mol. The van der Waals surface area contributed by atoms with Crippen molar-refractivity contribution in [2.45, 2.75) is 85.0 Å². The monoisotopic (exact) mass is 341 g/mol. The van der Waals surface area contributed by atoms with Crippen LogP contribution in [0.4, 0.5) is 0 Å². The molecule has 0 aromatic carbocycles. The molecule has 0 radical (unpaired) electrons. The molecule has 0 bridgehead atoms. The topological polar surface area (TPSA) is 21.7 Å². The molecule has 0 atom stereocenters. The molecule has 3 heteroatoms. The summed E-state index contributed by atoms with van der Waals surface area (Å²) in [5.41, 5.74) is 0.308. The lowest BCUT2D eigenvalue weighted by molar-refractivity contribution is 0.0371. The van der Waals surface area contributed by atoms with E-state index in [0.717, 1.165) is 39.5 Å². The van der Waals surface area contributed by atoms with E-state index in [9.17, 15) is 0 Å². The summed E-state index contributed by atoms with van der Waals surface area (Å²) in [5.74, 6) is 0. The van der Waals surface area contributed by atoms with Gasteiger partial charge >= 0.3 is 0 Å². The van der Waals surface area contributed by atoms with E-state index in [2.05, 4.69) is 25.7 Å². The van der Waals surface area contributed by atoms with Gasteiger partial charge in [0.2, 0.25) is 0 Å². The summed E-state index contributed by atoms with van der Waals surface area (Å²) >= 11 is 0. The number of hydrogen-bond acceptors (Lipinski definition) is 3. The van der Waals surface area contributed by atoms with E-state index in [4.69, 9.17) is 9.47 Å². The number of hydrogen-bond donors (Lipinski definition) is 0. The quantitative estimate of drug-likeness (QED) is 0.401. The van der Waals surface area contributed by atoms with Crippen molar-refractivity contribution in [1.82, 2.24) is 4.90 Å². The smallest absolute Gasteiger partial charge is 0.0594 e. The highest BCUT2D eigenvalue weighted by atomic mass is 16.5. The molecule has 0 amide bonds. The minimum absolute atomic E-state index is 0.308. The summed E-state index contributed by atoms with van der Waals surface area (Å²) < 4.78 is 11.1. The highest BCUT2D eigenvalue weighted by Crippen LogP contribution is 2.14. The van der Waals surface area contributed by atoms with E-state index < -0.39 is 0 Å². The van der Waals surface area contributed by atoms with Crippen LogP contribution in [-0.2, 0) is 9.47 Å². The van der Waals surface area contributed by atoms with Crippen molar-refractivity contribution in [3.8, 4) is 0 Å². The third-order valence-electron chi connectivity index (χ3n) is 4.65. The van der Waals surface area contributed by atoms with Crippen molar-refractivity contribution in [1.29, 1.82) is 0 Å². The second-order valence-corrected chi connectivity index (χ2v) is 8.60. The van der Waals surface area contributed by atoms with Crippen molar-refractivity contribution < 1.29 is 9.47 Å². The Morgan fingerprint density at radius 1 is 0.750 bits per heavy atom. The largest absolute Gasteiger partial charge is 0.381 e. The molecule has 1 heterocycles. The van der Waals surface area contributed by atoms with E-state index >= 15 is 0 Å². The van der Waals surface area contributed by atoms with Gasteiger partial charge in [0.25, 0.3) is 0 Å². The van der Waals surface area contributed by atoms with Crippen LogP contribution in [0.15, 0.2) is 0 Å². The second kappa shape index (κ2) is 14.1. The van der Waals surface area contributed by atoms with Crippen molar-refractivity contribution in [3.63, 3.8) is 0 Å². The fraction of sp³-hybridized carbons (Fsp3) is 1.00. The van der Waals surface area contributed by atoms with Gasteiger partial charge in [-0.2, -0.15) is 0 Å². The molecule has 24 heavy (non-hydrogen) atoms. The van der Waals surface area contributed by atoms with Crippen LogP contribution >= 0.6 is 0 Å². The summed E-state index contributed by atoms with van der Waals surface area (Å²) in [6, 6.07) is 0. The van der Waals surface area contributed by atoms with E-state index in [0.29, 0.717) is 5.41 Å². The van der Waals surface area contributed by atoms with Gasteiger partial charge in [0.05, 0.1) is 19.8 Å². The van der Waals surface area contributed by atoms with Gasteiger partial charge in [-0.05, 0) is 24.8 Å². The number of unbranched alkanes of at least 4 members (excludes halogenated alkanes) is 9. The van der Waals surface area contributed by atoms with Gasteiger partial charge in [-0.15, -0.1) is 0 Å². The molecule has 0 aliphatic carbocycles. The summed E-state index contributed by atoms with van der Waals surface area (Å²) in [6.07, 6.45) is 13.8. The molecule has 0 N–H and O–H groups in total. The molecule has 0 saturated carbocycles. The van der Waals surface area contributed by atoms with Gasteiger partial charge in [-0.3, -0.25) is 4.90 Å². The number of ether oxygens (including phenoxy) is 2. The van der Waals surface area contributed by atoms with E-state index in [1.54, 1.807) is 0 Å². The summed E-state index contributed by atoms with van der Waals surface area (Å²) in [6.45, 7) is 14.0. The lowest BCUT2D eigenvalue weighted by Gasteiger charge is -2.26.